The van der Waals surface area contributed by atoms with Gasteiger partial charge in [0.05, 0.1) is 23.5 Å². The number of pyridine rings is 1. The van der Waals surface area contributed by atoms with E-state index >= 15 is 0 Å². The lowest BCUT2D eigenvalue weighted by Gasteiger charge is -2.37. The minimum atomic E-state index is -0.362. The number of fused-ring (bicyclic) bond motifs is 2. The summed E-state index contributed by atoms with van der Waals surface area (Å²) in [5, 5.41) is 3.35. The quantitative estimate of drug-likeness (QED) is 0.871. The second-order valence-corrected chi connectivity index (χ2v) is 6.41. The second kappa shape index (κ2) is 6.46. The molecular formula is C19H21N3O3. The lowest BCUT2D eigenvalue weighted by Crippen LogP contribution is -2.35. The number of hydrogen-bond acceptors (Lipinski definition) is 5. The molecule has 6 nitrogen and oxygen atoms in total. The van der Waals surface area contributed by atoms with Crippen LogP contribution in [0.4, 0.5) is 17.2 Å². The van der Waals surface area contributed by atoms with Gasteiger partial charge in [-0.1, -0.05) is 12.1 Å². The average molecular weight is 339 g/mol. The van der Waals surface area contributed by atoms with E-state index in [4.69, 9.17) is 9.47 Å². The Morgan fingerprint density at radius 1 is 1.32 bits per heavy atom. The van der Waals surface area contributed by atoms with E-state index in [2.05, 4.69) is 22.4 Å². The van der Waals surface area contributed by atoms with Crippen LogP contribution in [-0.2, 0) is 26.4 Å². The van der Waals surface area contributed by atoms with Crippen molar-refractivity contribution in [3.8, 4) is 0 Å². The van der Waals surface area contributed by atoms with E-state index in [9.17, 15) is 4.79 Å². The molecule has 6 heteroatoms. The third-order valence-corrected chi connectivity index (χ3v) is 5.14. The number of anilines is 3. The summed E-state index contributed by atoms with van der Waals surface area (Å²) in [4.78, 5) is 17.9. The smallest absolute Gasteiger partial charge is 0.214 e. The molecule has 0 bridgehead atoms. The summed E-state index contributed by atoms with van der Waals surface area (Å²) in [6.45, 7) is 1.84. The van der Waals surface area contributed by atoms with Gasteiger partial charge in [-0.3, -0.25) is 4.79 Å². The van der Waals surface area contributed by atoms with E-state index in [1.54, 1.807) is 18.2 Å². The summed E-state index contributed by atoms with van der Waals surface area (Å²) in [6.07, 6.45) is 4.23. The van der Waals surface area contributed by atoms with Gasteiger partial charge in [-0.25, -0.2) is 4.98 Å². The summed E-state index contributed by atoms with van der Waals surface area (Å²) < 4.78 is 11.4. The van der Waals surface area contributed by atoms with Crippen molar-refractivity contribution in [2.24, 2.45) is 0 Å². The zero-order valence-corrected chi connectivity index (χ0v) is 14.2. The number of nitrogens with zero attached hydrogens (tertiary/aromatic N) is 2. The summed E-state index contributed by atoms with van der Waals surface area (Å²) in [7, 11) is 1.74. The summed E-state index contributed by atoms with van der Waals surface area (Å²) in [5.41, 5.74) is 3.41. The van der Waals surface area contributed by atoms with Gasteiger partial charge < -0.3 is 19.7 Å². The van der Waals surface area contributed by atoms with Gasteiger partial charge in [0.15, 0.2) is 0 Å². The van der Waals surface area contributed by atoms with Crippen LogP contribution in [-0.4, -0.2) is 31.7 Å². The third kappa shape index (κ3) is 2.77. The van der Waals surface area contributed by atoms with E-state index in [1.807, 2.05) is 18.2 Å². The van der Waals surface area contributed by atoms with E-state index in [0.29, 0.717) is 19.8 Å². The van der Waals surface area contributed by atoms with Gasteiger partial charge in [0.25, 0.3) is 0 Å². The molecule has 1 aromatic heterocycles. The molecule has 0 spiro atoms. The van der Waals surface area contributed by atoms with Crippen LogP contribution >= 0.6 is 0 Å². The SMILES string of the molecule is COC1(c2ccc3c(c2)N(C=O)Cc2cccnc2N3)CCOCC1. The molecule has 1 fully saturated rings. The minimum absolute atomic E-state index is 0.362. The molecule has 2 aromatic rings. The highest BCUT2D eigenvalue weighted by Gasteiger charge is 2.35. The second-order valence-electron chi connectivity index (χ2n) is 6.41. The van der Waals surface area contributed by atoms with Gasteiger partial charge in [-0.2, -0.15) is 0 Å². The summed E-state index contributed by atoms with van der Waals surface area (Å²) in [6, 6.07) is 9.98. The highest BCUT2D eigenvalue weighted by Crippen LogP contribution is 2.41. The number of carbonyl (C=O) groups excluding carboxylic acids is 1. The monoisotopic (exact) mass is 339 g/mol. The van der Waals surface area contributed by atoms with Crippen LogP contribution in [0.1, 0.15) is 24.0 Å². The normalized spacial score (nSPS) is 18.5. The number of benzene rings is 1. The van der Waals surface area contributed by atoms with Crippen molar-refractivity contribution in [1.82, 2.24) is 4.98 Å². The zero-order valence-electron chi connectivity index (χ0n) is 14.2. The Hall–Kier alpha value is -2.44. The molecule has 0 unspecified atom stereocenters. The highest BCUT2D eigenvalue weighted by atomic mass is 16.5. The number of methoxy groups -OCH3 is 1. The molecule has 4 rings (SSSR count). The van der Waals surface area contributed by atoms with Gasteiger partial charge in [-0.05, 0) is 23.8 Å². The summed E-state index contributed by atoms with van der Waals surface area (Å²) >= 11 is 0. The van der Waals surface area contributed by atoms with Crippen molar-refractivity contribution in [2.75, 3.05) is 30.5 Å². The first kappa shape index (κ1) is 16.1. The van der Waals surface area contributed by atoms with Crippen molar-refractivity contribution in [1.29, 1.82) is 0 Å². The Morgan fingerprint density at radius 2 is 2.16 bits per heavy atom. The molecule has 2 aliphatic heterocycles. The fourth-order valence-corrected chi connectivity index (χ4v) is 3.64. The first-order chi connectivity index (χ1) is 12.3. The maximum absolute atomic E-state index is 11.7. The molecule has 130 valence electrons. The van der Waals surface area contributed by atoms with Crippen LogP contribution in [0.5, 0.6) is 0 Å². The number of carbonyl (C=O) groups is 1. The molecule has 0 aliphatic carbocycles. The fraction of sp³-hybridized carbons (Fsp3) is 0.368. The molecule has 0 atom stereocenters. The zero-order chi connectivity index (χ0) is 17.3. The number of hydrogen-bond donors (Lipinski definition) is 1. The minimum Gasteiger partial charge on any atom is -0.381 e. The van der Waals surface area contributed by atoms with Crippen molar-refractivity contribution in [3.63, 3.8) is 0 Å². The van der Waals surface area contributed by atoms with E-state index in [-0.39, 0.29) is 5.60 Å². The Bertz CT molecular complexity index is 787. The first-order valence-electron chi connectivity index (χ1n) is 8.46. The van der Waals surface area contributed by atoms with Crippen LogP contribution in [0, 0.1) is 0 Å². The van der Waals surface area contributed by atoms with Crippen LogP contribution in [0.25, 0.3) is 0 Å². The van der Waals surface area contributed by atoms with Crippen molar-refractivity contribution >= 4 is 23.6 Å². The Balaban J connectivity index is 1.78. The van der Waals surface area contributed by atoms with Crippen LogP contribution in [0.3, 0.4) is 0 Å². The predicted molar refractivity (Wildman–Crippen MR) is 94.9 cm³/mol. The maximum Gasteiger partial charge on any atom is 0.214 e. The standard InChI is InChI=1S/C19H21N3O3/c1-24-19(6-9-25-10-7-19)15-4-5-16-17(11-15)22(13-23)12-14-3-2-8-20-18(14)21-16/h2-5,8,11,13H,6-7,9-10,12H2,1H3,(H,20,21). The highest BCUT2D eigenvalue weighted by molar-refractivity contribution is 5.87. The number of ether oxygens (including phenoxy) is 2. The van der Waals surface area contributed by atoms with Gasteiger partial charge in [-0.15, -0.1) is 0 Å². The predicted octanol–water partition coefficient (Wildman–Crippen LogP) is 2.95. The molecule has 1 saturated heterocycles. The molecule has 1 amide bonds. The van der Waals surface area contributed by atoms with Crippen molar-refractivity contribution in [2.45, 2.75) is 25.0 Å². The largest absolute Gasteiger partial charge is 0.381 e. The lowest BCUT2D eigenvalue weighted by molar-refractivity contribution is -0.107. The first-order valence-corrected chi connectivity index (χ1v) is 8.46. The Kier molecular flexibility index (Phi) is 4.15. The molecular weight excluding hydrogens is 318 g/mol. The van der Waals surface area contributed by atoms with Crippen molar-refractivity contribution in [3.05, 3.63) is 47.7 Å². The molecule has 0 radical (unpaired) electrons. The molecule has 1 aromatic carbocycles. The molecule has 1 N–H and O–H groups in total. The Morgan fingerprint density at radius 3 is 2.92 bits per heavy atom. The van der Waals surface area contributed by atoms with Gasteiger partial charge in [0.2, 0.25) is 6.41 Å². The maximum atomic E-state index is 11.7. The molecule has 25 heavy (non-hydrogen) atoms. The topological polar surface area (TPSA) is 63.7 Å². The third-order valence-electron chi connectivity index (χ3n) is 5.14. The van der Waals surface area contributed by atoms with Gasteiger partial charge >= 0.3 is 0 Å². The van der Waals surface area contributed by atoms with Gasteiger partial charge in [0, 0.05) is 44.9 Å². The Labute approximate surface area is 146 Å². The van der Waals surface area contributed by atoms with Crippen molar-refractivity contribution < 1.29 is 14.3 Å². The van der Waals surface area contributed by atoms with Crippen LogP contribution in [0.15, 0.2) is 36.5 Å². The van der Waals surface area contributed by atoms with E-state index in [0.717, 1.165) is 47.6 Å². The fourth-order valence-electron chi connectivity index (χ4n) is 3.64. The van der Waals surface area contributed by atoms with Crippen LogP contribution in [0.2, 0.25) is 0 Å². The lowest BCUT2D eigenvalue weighted by atomic mass is 9.85. The average Bonchev–Trinajstić information content (AvgIpc) is 2.84. The molecule has 3 heterocycles. The number of nitrogens with one attached hydrogen (secondary N) is 1. The number of amides is 1. The number of rotatable bonds is 3. The summed E-state index contributed by atoms with van der Waals surface area (Å²) in [5.74, 6) is 0.786. The molecule has 0 saturated carbocycles. The number of aromatic nitrogens is 1. The molecule has 2 aliphatic rings. The van der Waals surface area contributed by atoms with E-state index < -0.39 is 0 Å². The van der Waals surface area contributed by atoms with E-state index in [1.165, 1.54) is 0 Å². The van der Waals surface area contributed by atoms with Gasteiger partial charge in [0.1, 0.15) is 5.82 Å². The van der Waals surface area contributed by atoms with Crippen LogP contribution < -0.4 is 10.2 Å².